The first-order valence-corrected chi connectivity index (χ1v) is 5.56. The Hall–Kier alpha value is -0.920. The van der Waals surface area contributed by atoms with Gasteiger partial charge in [0.2, 0.25) is 0 Å². The SMILES string of the molecule is Nc1cc(F)c(I)cc1C1=CC(F)(F)CN1. The third-order valence-corrected chi connectivity index (χ3v) is 3.08. The molecule has 0 aliphatic carbocycles. The average Bonchev–Trinajstić information content (AvgIpc) is 2.52. The Kier molecular flexibility index (Phi) is 2.77. The van der Waals surface area contributed by atoms with Crippen LogP contribution in [-0.4, -0.2) is 12.5 Å². The van der Waals surface area contributed by atoms with Gasteiger partial charge in [0.15, 0.2) is 0 Å². The molecule has 0 aromatic heterocycles. The summed E-state index contributed by atoms with van der Waals surface area (Å²) in [4.78, 5) is 0. The maximum Gasteiger partial charge on any atom is 0.285 e. The summed E-state index contributed by atoms with van der Waals surface area (Å²) in [6, 6.07) is 2.58. The van der Waals surface area contributed by atoms with Gasteiger partial charge in [-0.25, -0.2) is 4.39 Å². The number of rotatable bonds is 1. The van der Waals surface area contributed by atoms with Gasteiger partial charge in [0.05, 0.1) is 6.54 Å². The second kappa shape index (κ2) is 3.83. The van der Waals surface area contributed by atoms with E-state index in [9.17, 15) is 13.2 Å². The van der Waals surface area contributed by atoms with Crippen LogP contribution in [0, 0.1) is 9.39 Å². The molecule has 1 heterocycles. The fourth-order valence-electron chi connectivity index (χ4n) is 1.49. The quantitative estimate of drug-likeness (QED) is 0.609. The molecule has 0 saturated heterocycles. The van der Waals surface area contributed by atoms with E-state index < -0.39 is 18.3 Å². The molecule has 0 atom stereocenters. The molecule has 0 fully saturated rings. The number of alkyl halides is 2. The lowest BCUT2D eigenvalue weighted by molar-refractivity contribution is 0.0685. The Balaban J connectivity index is 2.46. The van der Waals surface area contributed by atoms with Crippen LogP contribution in [0.3, 0.4) is 0 Å². The number of nitrogens with one attached hydrogen (secondary N) is 1. The number of benzene rings is 1. The molecule has 1 aromatic rings. The molecule has 1 aliphatic rings. The van der Waals surface area contributed by atoms with Gasteiger partial charge >= 0.3 is 0 Å². The Morgan fingerprint density at radius 1 is 1.38 bits per heavy atom. The molecular formula is C10H8F3IN2. The number of nitrogens with two attached hydrogens (primary N) is 1. The van der Waals surface area contributed by atoms with Crippen LogP contribution in [0.4, 0.5) is 18.9 Å². The second-order valence-corrected chi connectivity index (χ2v) is 4.69. The zero-order valence-electron chi connectivity index (χ0n) is 8.03. The molecule has 2 rings (SSSR count). The van der Waals surface area contributed by atoms with E-state index in [0.717, 1.165) is 12.1 Å². The number of halogens is 4. The smallest absolute Gasteiger partial charge is 0.285 e. The van der Waals surface area contributed by atoms with Crippen molar-refractivity contribution < 1.29 is 13.2 Å². The van der Waals surface area contributed by atoms with Gasteiger partial charge in [0.1, 0.15) is 5.82 Å². The molecule has 0 radical (unpaired) electrons. The van der Waals surface area contributed by atoms with E-state index in [1.165, 1.54) is 6.07 Å². The number of nitrogen functional groups attached to an aromatic ring is 1. The normalized spacial score (nSPS) is 18.1. The maximum atomic E-state index is 13.1. The van der Waals surface area contributed by atoms with Crippen molar-refractivity contribution in [3.05, 3.63) is 33.2 Å². The van der Waals surface area contributed by atoms with E-state index in [1.807, 2.05) is 0 Å². The van der Waals surface area contributed by atoms with Gasteiger partial charge in [-0.15, -0.1) is 0 Å². The van der Waals surface area contributed by atoms with Crippen molar-refractivity contribution in [2.75, 3.05) is 12.3 Å². The molecule has 86 valence electrons. The van der Waals surface area contributed by atoms with Crippen molar-refractivity contribution in [3.63, 3.8) is 0 Å². The van der Waals surface area contributed by atoms with E-state index >= 15 is 0 Å². The van der Waals surface area contributed by atoms with Gasteiger partial charge in [0, 0.05) is 26.6 Å². The Bertz CT molecular complexity index is 471. The Morgan fingerprint density at radius 3 is 2.62 bits per heavy atom. The van der Waals surface area contributed by atoms with Gasteiger partial charge in [0.25, 0.3) is 5.92 Å². The predicted molar refractivity (Wildman–Crippen MR) is 64.5 cm³/mol. The molecule has 0 spiro atoms. The van der Waals surface area contributed by atoms with Crippen LogP contribution in [0.2, 0.25) is 0 Å². The summed E-state index contributed by atoms with van der Waals surface area (Å²) in [5, 5.41) is 2.56. The van der Waals surface area contributed by atoms with Gasteiger partial charge in [-0.05, 0) is 34.7 Å². The zero-order chi connectivity index (χ0) is 11.9. The topological polar surface area (TPSA) is 38.0 Å². The maximum absolute atomic E-state index is 13.1. The van der Waals surface area contributed by atoms with E-state index in [0.29, 0.717) is 9.13 Å². The molecule has 0 saturated carbocycles. The fourth-order valence-corrected chi connectivity index (χ4v) is 1.96. The summed E-state index contributed by atoms with van der Waals surface area (Å²) in [7, 11) is 0. The van der Waals surface area contributed by atoms with Crippen molar-refractivity contribution >= 4 is 34.0 Å². The lowest BCUT2D eigenvalue weighted by Crippen LogP contribution is -2.21. The second-order valence-electron chi connectivity index (χ2n) is 3.53. The fraction of sp³-hybridized carbons (Fsp3) is 0.200. The molecule has 3 N–H and O–H groups in total. The predicted octanol–water partition coefficient (Wildman–Crippen LogP) is 2.59. The summed E-state index contributed by atoms with van der Waals surface area (Å²) in [6.45, 7) is -0.449. The largest absolute Gasteiger partial charge is 0.398 e. The standard InChI is InChI=1S/C10H8F3IN2/c11-6-2-8(15)5(1-7(6)14)9-3-10(12,13)4-16-9/h1-3,16H,4,15H2. The van der Waals surface area contributed by atoms with Gasteiger partial charge in [-0.3, -0.25) is 0 Å². The molecule has 1 aromatic carbocycles. The highest BCUT2D eigenvalue weighted by Crippen LogP contribution is 2.31. The Morgan fingerprint density at radius 2 is 2.06 bits per heavy atom. The van der Waals surface area contributed by atoms with Crippen LogP contribution in [0.15, 0.2) is 18.2 Å². The molecule has 2 nitrogen and oxygen atoms in total. The third kappa shape index (κ3) is 2.11. The molecule has 6 heteroatoms. The van der Waals surface area contributed by atoms with Gasteiger partial charge < -0.3 is 11.1 Å². The van der Waals surface area contributed by atoms with Crippen molar-refractivity contribution in [2.24, 2.45) is 0 Å². The molecule has 0 unspecified atom stereocenters. The molecule has 0 bridgehead atoms. The first kappa shape index (κ1) is 11.6. The monoisotopic (exact) mass is 340 g/mol. The van der Waals surface area contributed by atoms with Crippen molar-refractivity contribution in [1.82, 2.24) is 5.32 Å². The van der Waals surface area contributed by atoms with Gasteiger partial charge in [-0.1, -0.05) is 0 Å². The Labute approximate surface area is 104 Å². The van der Waals surface area contributed by atoms with E-state index in [1.54, 1.807) is 22.6 Å². The zero-order valence-corrected chi connectivity index (χ0v) is 10.2. The molecule has 16 heavy (non-hydrogen) atoms. The summed E-state index contributed by atoms with van der Waals surface area (Å²) < 4.78 is 39.3. The number of anilines is 1. The van der Waals surface area contributed by atoms with Crippen LogP contribution < -0.4 is 11.1 Å². The van der Waals surface area contributed by atoms with Crippen LogP contribution in [-0.2, 0) is 0 Å². The van der Waals surface area contributed by atoms with Gasteiger partial charge in [-0.2, -0.15) is 8.78 Å². The van der Waals surface area contributed by atoms with Crippen LogP contribution in [0.5, 0.6) is 0 Å². The van der Waals surface area contributed by atoms with Crippen molar-refractivity contribution in [1.29, 1.82) is 0 Å². The van der Waals surface area contributed by atoms with Crippen LogP contribution in [0.1, 0.15) is 5.56 Å². The molecular weight excluding hydrogens is 332 g/mol. The number of hydrogen-bond acceptors (Lipinski definition) is 2. The summed E-state index contributed by atoms with van der Waals surface area (Å²) in [5.41, 5.74) is 6.39. The summed E-state index contributed by atoms with van der Waals surface area (Å²) in [5.74, 6) is -3.33. The van der Waals surface area contributed by atoms with Crippen LogP contribution >= 0.6 is 22.6 Å². The first-order chi connectivity index (χ1) is 7.39. The molecule has 1 aliphatic heterocycles. The minimum Gasteiger partial charge on any atom is -0.398 e. The first-order valence-electron chi connectivity index (χ1n) is 4.48. The highest BCUT2D eigenvalue weighted by Gasteiger charge is 2.33. The highest BCUT2D eigenvalue weighted by atomic mass is 127. The highest BCUT2D eigenvalue weighted by molar-refractivity contribution is 14.1. The van der Waals surface area contributed by atoms with E-state index in [4.69, 9.17) is 5.73 Å². The van der Waals surface area contributed by atoms with E-state index in [2.05, 4.69) is 5.32 Å². The van der Waals surface area contributed by atoms with Crippen molar-refractivity contribution in [3.8, 4) is 0 Å². The number of hydrogen-bond donors (Lipinski definition) is 2. The lowest BCUT2D eigenvalue weighted by atomic mass is 10.1. The van der Waals surface area contributed by atoms with E-state index in [-0.39, 0.29) is 11.4 Å². The third-order valence-electron chi connectivity index (χ3n) is 2.25. The van der Waals surface area contributed by atoms with Crippen LogP contribution in [0.25, 0.3) is 5.70 Å². The van der Waals surface area contributed by atoms with Crippen molar-refractivity contribution in [2.45, 2.75) is 5.92 Å². The average molecular weight is 340 g/mol. The summed E-state index contributed by atoms with van der Waals surface area (Å²) in [6.07, 6.45) is 0.812. The molecule has 0 amide bonds. The summed E-state index contributed by atoms with van der Waals surface area (Å²) >= 11 is 1.79. The minimum absolute atomic E-state index is 0.148. The lowest BCUT2D eigenvalue weighted by Gasteiger charge is -2.08. The minimum atomic E-state index is -2.87.